The smallest absolute Gasteiger partial charge is 0.00268 e. The van der Waals surface area contributed by atoms with Gasteiger partial charge in [-0.2, -0.15) is 0 Å². The summed E-state index contributed by atoms with van der Waals surface area (Å²) < 4.78 is 0. The van der Waals surface area contributed by atoms with E-state index >= 15 is 0 Å². The van der Waals surface area contributed by atoms with Gasteiger partial charge in [-0.05, 0) is 32.3 Å². The number of hydrogen-bond donors (Lipinski definition) is 1. The predicted molar refractivity (Wildman–Crippen MR) is 91.1 cm³/mol. The SMILES string of the molecule is CCC.N.c1cc2ccc3cccc4ccc(c1)c2c34. The van der Waals surface area contributed by atoms with Crippen molar-refractivity contribution < 1.29 is 0 Å². The highest BCUT2D eigenvalue weighted by Gasteiger charge is 2.05. The quantitative estimate of drug-likeness (QED) is 0.379. The van der Waals surface area contributed by atoms with Crippen molar-refractivity contribution in [3.63, 3.8) is 0 Å². The molecule has 0 saturated heterocycles. The van der Waals surface area contributed by atoms with E-state index in [-0.39, 0.29) is 6.15 Å². The van der Waals surface area contributed by atoms with Crippen molar-refractivity contribution in [2.45, 2.75) is 20.3 Å². The van der Waals surface area contributed by atoms with Gasteiger partial charge in [0.2, 0.25) is 0 Å². The van der Waals surface area contributed by atoms with E-state index < -0.39 is 0 Å². The molecule has 0 bridgehead atoms. The molecule has 4 rings (SSSR count). The summed E-state index contributed by atoms with van der Waals surface area (Å²) in [6.45, 7) is 4.25. The maximum absolute atomic E-state index is 2.21. The predicted octanol–water partition coefficient (Wildman–Crippen LogP) is 6.16. The first kappa shape index (κ1) is 14.3. The fraction of sp³-hybridized carbons (Fsp3) is 0.158. The van der Waals surface area contributed by atoms with Gasteiger partial charge < -0.3 is 6.15 Å². The lowest BCUT2D eigenvalue weighted by Gasteiger charge is -2.09. The molecule has 0 unspecified atom stereocenters. The van der Waals surface area contributed by atoms with Gasteiger partial charge in [0.05, 0.1) is 0 Å². The van der Waals surface area contributed by atoms with Crippen molar-refractivity contribution in [3.05, 3.63) is 60.7 Å². The summed E-state index contributed by atoms with van der Waals surface area (Å²) in [6.07, 6.45) is 1.25. The molecule has 0 atom stereocenters. The Balaban J connectivity index is 0.000000341. The van der Waals surface area contributed by atoms with E-state index in [0.717, 1.165) is 0 Å². The Bertz CT molecular complexity index is 688. The summed E-state index contributed by atoms with van der Waals surface area (Å²) in [7, 11) is 0. The second-order valence-electron chi connectivity index (χ2n) is 5.00. The van der Waals surface area contributed by atoms with Crippen molar-refractivity contribution in [1.82, 2.24) is 6.15 Å². The molecule has 0 spiro atoms. The minimum absolute atomic E-state index is 0. The van der Waals surface area contributed by atoms with Crippen molar-refractivity contribution in [1.29, 1.82) is 0 Å². The molecule has 0 saturated carbocycles. The Kier molecular flexibility index (Phi) is 4.21. The average molecular weight is 263 g/mol. The first-order valence-corrected chi connectivity index (χ1v) is 6.97. The molecule has 1 nitrogen and oxygen atoms in total. The minimum Gasteiger partial charge on any atom is -0.344 e. The third-order valence-corrected chi connectivity index (χ3v) is 3.39. The summed E-state index contributed by atoms with van der Waals surface area (Å²) >= 11 is 0. The lowest BCUT2D eigenvalue weighted by Crippen LogP contribution is -1.82. The highest BCUT2D eigenvalue weighted by Crippen LogP contribution is 2.33. The number of hydrogen-bond acceptors (Lipinski definition) is 1. The van der Waals surface area contributed by atoms with Gasteiger partial charge in [0, 0.05) is 0 Å². The first-order valence-electron chi connectivity index (χ1n) is 6.97. The maximum Gasteiger partial charge on any atom is -0.00268 e. The van der Waals surface area contributed by atoms with Crippen LogP contribution in [0, 0.1) is 0 Å². The van der Waals surface area contributed by atoms with E-state index in [4.69, 9.17) is 0 Å². The molecule has 0 amide bonds. The van der Waals surface area contributed by atoms with Crippen molar-refractivity contribution >= 4 is 32.3 Å². The molecule has 0 aliphatic carbocycles. The minimum atomic E-state index is 0. The van der Waals surface area contributed by atoms with Crippen LogP contribution >= 0.6 is 0 Å². The zero-order chi connectivity index (χ0) is 13.2. The Morgan fingerprint density at radius 3 is 1.05 bits per heavy atom. The standard InChI is InChI=1S/C16H10.C3H8.H3N/c1-3-11-7-9-13-5-2-6-14-10-8-12(4-1)15(11)16(13)14;1-3-2;/h1-10H;3H2,1-2H3;1H3. The molecular formula is C19H21N. The molecule has 0 aromatic heterocycles. The Labute approximate surface area is 120 Å². The summed E-state index contributed by atoms with van der Waals surface area (Å²) in [6, 6.07) is 21.9. The molecule has 0 aliphatic rings. The molecule has 4 aromatic carbocycles. The Morgan fingerprint density at radius 1 is 0.550 bits per heavy atom. The van der Waals surface area contributed by atoms with Gasteiger partial charge in [-0.25, -0.2) is 0 Å². The Morgan fingerprint density at radius 2 is 0.800 bits per heavy atom. The van der Waals surface area contributed by atoms with Crippen LogP contribution < -0.4 is 6.15 Å². The summed E-state index contributed by atoms with van der Waals surface area (Å²) in [5.41, 5.74) is 0. The molecular weight excluding hydrogens is 242 g/mol. The van der Waals surface area contributed by atoms with E-state index in [1.807, 2.05) is 0 Å². The van der Waals surface area contributed by atoms with E-state index in [9.17, 15) is 0 Å². The molecule has 0 heterocycles. The van der Waals surface area contributed by atoms with Crippen LogP contribution in [0.2, 0.25) is 0 Å². The molecule has 0 aliphatic heterocycles. The third kappa shape index (κ3) is 2.21. The van der Waals surface area contributed by atoms with Gasteiger partial charge in [-0.15, -0.1) is 0 Å². The zero-order valence-electron chi connectivity index (χ0n) is 12.2. The van der Waals surface area contributed by atoms with Crippen LogP contribution in [0.4, 0.5) is 0 Å². The molecule has 1 heteroatoms. The molecule has 0 fully saturated rings. The van der Waals surface area contributed by atoms with Gasteiger partial charge >= 0.3 is 0 Å². The second kappa shape index (κ2) is 5.89. The molecule has 102 valence electrons. The maximum atomic E-state index is 2.21. The van der Waals surface area contributed by atoms with Crippen molar-refractivity contribution in [3.8, 4) is 0 Å². The van der Waals surface area contributed by atoms with E-state index in [2.05, 4.69) is 74.5 Å². The Hall–Kier alpha value is -2.12. The molecule has 20 heavy (non-hydrogen) atoms. The van der Waals surface area contributed by atoms with Gasteiger partial charge in [0.1, 0.15) is 0 Å². The largest absolute Gasteiger partial charge is 0.344 e. The monoisotopic (exact) mass is 263 g/mol. The van der Waals surface area contributed by atoms with Crippen LogP contribution in [0.25, 0.3) is 32.3 Å². The van der Waals surface area contributed by atoms with Crippen LogP contribution in [-0.2, 0) is 0 Å². The fourth-order valence-electron chi connectivity index (χ4n) is 2.67. The van der Waals surface area contributed by atoms with Gasteiger partial charge in [0.25, 0.3) is 0 Å². The summed E-state index contributed by atoms with van der Waals surface area (Å²) in [5.74, 6) is 0. The topological polar surface area (TPSA) is 35.0 Å². The van der Waals surface area contributed by atoms with Gasteiger partial charge in [-0.3, -0.25) is 0 Å². The molecule has 3 N–H and O–H groups in total. The second-order valence-corrected chi connectivity index (χ2v) is 5.00. The van der Waals surface area contributed by atoms with Crippen LogP contribution in [0.1, 0.15) is 20.3 Å². The first-order chi connectivity index (χ1) is 9.35. The normalized spacial score (nSPS) is 10.3. The van der Waals surface area contributed by atoms with Crippen LogP contribution in [0.3, 0.4) is 0 Å². The highest BCUT2D eigenvalue weighted by molar-refractivity contribution is 6.22. The number of benzene rings is 4. The van der Waals surface area contributed by atoms with Crippen LogP contribution in [0.15, 0.2) is 60.7 Å². The van der Waals surface area contributed by atoms with Crippen molar-refractivity contribution in [2.75, 3.05) is 0 Å². The summed E-state index contributed by atoms with van der Waals surface area (Å²) in [5, 5.41) is 8.14. The van der Waals surface area contributed by atoms with Crippen LogP contribution in [0.5, 0.6) is 0 Å². The lowest BCUT2D eigenvalue weighted by atomic mass is 9.95. The zero-order valence-corrected chi connectivity index (χ0v) is 12.2. The van der Waals surface area contributed by atoms with E-state index in [1.165, 1.54) is 38.7 Å². The lowest BCUT2D eigenvalue weighted by molar-refractivity contribution is 1.09. The third-order valence-electron chi connectivity index (χ3n) is 3.39. The van der Waals surface area contributed by atoms with Crippen LogP contribution in [-0.4, -0.2) is 0 Å². The van der Waals surface area contributed by atoms with E-state index in [0.29, 0.717) is 0 Å². The average Bonchev–Trinajstić information content (AvgIpc) is 2.46. The van der Waals surface area contributed by atoms with Gasteiger partial charge in [-0.1, -0.05) is 80.9 Å². The van der Waals surface area contributed by atoms with Gasteiger partial charge in [0.15, 0.2) is 0 Å². The fourth-order valence-corrected chi connectivity index (χ4v) is 2.67. The number of rotatable bonds is 0. The highest BCUT2D eigenvalue weighted by atomic mass is 14.1. The van der Waals surface area contributed by atoms with E-state index in [1.54, 1.807) is 0 Å². The molecule has 0 radical (unpaired) electrons. The molecule has 4 aromatic rings. The summed E-state index contributed by atoms with van der Waals surface area (Å²) in [4.78, 5) is 0. The van der Waals surface area contributed by atoms with Crippen molar-refractivity contribution in [2.24, 2.45) is 0 Å².